The van der Waals surface area contributed by atoms with Crippen LogP contribution in [0.3, 0.4) is 0 Å². The molecule has 0 fully saturated rings. The maximum absolute atomic E-state index is 11.7. The molecular formula is C23H38N2O8. The van der Waals surface area contributed by atoms with Gasteiger partial charge in [-0.05, 0) is 64.7 Å². The van der Waals surface area contributed by atoms with Gasteiger partial charge in [0.15, 0.2) is 0 Å². The second kappa shape index (κ2) is 13.5. The predicted octanol–water partition coefficient (Wildman–Crippen LogP) is 3.72. The Labute approximate surface area is 195 Å². The van der Waals surface area contributed by atoms with Gasteiger partial charge in [-0.15, -0.1) is 0 Å². The summed E-state index contributed by atoms with van der Waals surface area (Å²) in [7, 11) is 0. The second-order valence-electron chi connectivity index (χ2n) is 8.89. The molecule has 0 aromatic carbocycles. The molecule has 2 amide bonds. The summed E-state index contributed by atoms with van der Waals surface area (Å²) in [4.78, 5) is 45.8. The molecule has 0 bridgehead atoms. The predicted molar refractivity (Wildman–Crippen MR) is 123 cm³/mol. The van der Waals surface area contributed by atoms with E-state index in [0.29, 0.717) is 25.7 Å². The number of nitrogens with one attached hydrogen (secondary N) is 2. The molecule has 0 spiro atoms. The van der Waals surface area contributed by atoms with E-state index >= 15 is 0 Å². The molecule has 33 heavy (non-hydrogen) atoms. The number of carboxylic acid groups (broad SMARTS) is 2. The van der Waals surface area contributed by atoms with E-state index in [1.165, 1.54) is 0 Å². The highest BCUT2D eigenvalue weighted by Gasteiger charge is 2.49. The molecule has 10 heteroatoms. The van der Waals surface area contributed by atoms with Crippen LogP contribution in [0.15, 0.2) is 25.3 Å². The number of hydrogen-bond acceptors (Lipinski definition) is 6. The van der Waals surface area contributed by atoms with Gasteiger partial charge in [0.2, 0.25) is 0 Å². The van der Waals surface area contributed by atoms with Crippen molar-refractivity contribution in [1.29, 1.82) is 0 Å². The Balaban J connectivity index is 6.08. The summed E-state index contributed by atoms with van der Waals surface area (Å²) in [6.45, 7) is 15.8. The molecule has 0 aromatic heterocycles. The lowest BCUT2D eigenvalue weighted by Gasteiger charge is -2.51. The third-order valence-electron chi connectivity index (χ3n) is 6.05. The summed E-state index contributed by atoms with van der Waals surface area (Å²) in [5.41, 5.74) is -1.77. The highest BCUT2D eigenvalue weighted by atomic mass is 16.5. The second-order valence-corrected chi connectivity index (χ2v) is 8.89. The molecule has 0 saturated carbocycles. The first kappa shape index (κ1) is 30.0. The Kier molecular flexibility index (Phi) is 12.3. The van der Waals surface area contributed by atoms with Crippen molar-refractivity contribution in [2.24, 2.45) is 11.3 Å². The highest BCUT2D eigenvalue weighted by Crippen LogP contribution is 2.47. The zero-order chi connectivity index (χ0) is 25.8. The zero-order valence-corrected chi connectivity index (χ0v) is 20.2. The lowest BCUT2D eigenvalue weighted by atomic mass is 9.59. The van der Waals surface area contributed by atoms with Crippen LogP contribution in [0.5, 0.6) is 0 Å². The van der Waals surface area contributed by atoms with Crippen molar-refractivity contribution >= 4 is 24.1 Å². The molecule has 0 aliphatic heterocycles. The largest absolute Gasteiger partial charge is 0.465 e. The SMILES string of the molecule is C=CC(=O)OC(C)CC(CCCNC(=O)O)C(C)(CC(C)OC(=O)C=C)C(C)(C)NC(=O)O. The van der Waals surface area contributed by atoms with Crippen LogP contribution in [0.25, 0.3) is 0 Å². The van der Waals surface area contributed by atoms with Crippen LogP contribution in [0.4, 0.5) is 9.59 Å². The lowest BCUT2D eigenvalue weighted by Crippen LogP contribution is -2.59. The van der Waals surface area contributed by atoms with Gasteiger partial charge in [0, 0.05) is 24.2 Å². The molecule has 0 radical (unpaired) electrons. The average Bonchev–Trinajstić information content (AvgIpc) is 2.68. The summed E-state index contributed by atoms with van der Waals surface area (Å²) < 4.78 is 10.7. The van der Waals surface area contributed by atoms with Crippen molar-refractivity contribution in [2.75, 3.05) is 6.54 Å². The molecule has 0 aromatic rings. The fraction of sp³-hybridized carbons (Fsp3) is 0.652. The van der Waals surface area contributed by atoms with Crippen LogP contribution >= 0.6 is 0 Å². The maximum Gasteiger partial charge on any atom is 0.405 e. The normalized spacial score (nSPS) is 15.7. The topological polar surface area (TPSA) is 151 Å². The maximum atomic E-state index is 11.7. The fourth-order valence-electron chi connectivity index (χ4n) is 4.16. The molecule has 10 nitrogen and oxygen atoms in total. The summed E-state index contributed by atoms with van der Waals surface area (Å²) in [5.74, 6) is -1.41. The minimum absolute atomic E-state index is 0.205. The van der Waals surface area contributed by atoms with Gasteiger partial charge in [-0.1, -0.05) is 20.1 Å². The van der Waals surface area contributed by atoms with Crippen LogP contribution < -0.4 is 10.6 Å². The molecule has 0 heterocycles. The molecule has 4 atom stereocenters. The monoisotopic (exact) mass is 470 g/mol. The van der Waals surface area contributed by atoms with Crippen molar-refractivity contribution < 1.29 is 38.9 Å². The van der Waals surface area contributed by atoms with E-state index < -0.39 is 47.3 Å². The van der Waals surface area contributed by atoms with Gasteiger partial charge in [-0.25, -0.2) is 19.2 Å². The average molecular weight is 471 g/mol. The highest BCUT2D eigenvalue weighted by molar-refractivity contribution is 5.81. The first-order valence-electron chi connectivity index (χ1n) is 10.8. The van der Waals surface area contributed by atoms with Crippen molar-refractivity contribution in [3.63, 3.8) is 0 Å². The van der Waals surface area contributed by atoms with E-state index in [1.54, 1.807) is 27.7 Å². The van der Waals surface area contributed by atoms with Crippen molar-refractivity contribution in [3.05, 3.63) is 25.3 Å². The van der Waals surface area contributed by atoms with Crippen molar-refractivity contribution in [2.45, 2.75) is 78.0 Å². The van der Waals surface area contributed by atoms with Gasteiger partial charge >= 0.3 is 24.1 Å². The van der Waals surface area contributed by atoms with E-state index in [4.69, 9.17) is 14.6 Å². The molecule has 4 N–H and O–H groups in total. The third kappa shape index (κ3) is 10.4. The summed E-state index contributed by atoms with van der Waals surface area (Å²) in [5, 5.41) is 23.2. The number of hydrogen-bond donors (Lipinski definition) is 4. The Bertz CT molecular complexity index is 721. The minimum Gasteiger partial charge on any atom is -0.465 e. The Morgan fingerprint density at radius 1 is 0.939 bits per heavy atom. The summed E-state index contributed by atoms with van der Waals surface area (Å²) in [6.07, 6.45) is 0.321. The summed E-state index contributed by atoms with van der Waals surface area (Å²) in [6, 6.07) is 0. The van der Waals surface area contributed by atoms with E-state index in [-0.39, 0.29) is 12.5 Å². The van der Waals surface area contributed by atoms with Gasteiger partial charge in [0.05, 0.1) is 12.2 Å². The standard InChI is InChI=1S/C23H38N2O8/c1-8-18(26)32-15(3)13-17(11-10-12-24-20(28)29)23(7,22(5,6)25-21(30)31)14-16(4)33-19(27)9-2/h8-9,15-17,24-25H,1-2,10-14H2,3-7H3,(H,28,29)(H,30,31). The number of amides is 2. The van der Waals surface area contributed by atoms with Gasteiger partial charge in [0.1, 0.15) is 0 Å². The molecule has 0 aliphatic rings. The number of carbonyl (C=O) groups excluding carboxylic acids is 2. The van der Waals surface area contributed by atoms with E-state index in [9.17, 15) is 24.3 Å². The third-order valence-corrected chi connectivity index (χ3v) is 6.05. The van der Waals surface area contributed by atoms with Crippen LogP contribution in [-0.4, -0.2) is 58.6 Å². The molecule has 4 unspecified atom stereocenters. The van der Waals surface area contributed by atoms with Gasteiger partial charge in [-0.2, -0.15) is 0 Å². The molecule has 0 saturated heterocycles. The first-order valence-corrected chi connectivity index (χ1v) is 10.8. The quantitative estimate of drug-likeness (QED) is 0.161. The fourth-order valence-corrected chi connectivity index (χ4v) is 4.16. The molecule has 0 rings (SSSR count). The molecule has 0 aliphatic carbocycles. The Hall–Kier alpha value is -3.04. The van der Waals surface area contributed by atoms with E-state index in [2.05, 4.69) is 23.8 Å². The van der Waals surface area contributed by atoms with E-state index in [1.807, 2.05) is 6.92 Å². The lowest BCUT2D eigenvalue weighted by molar-refractivity contribution is -0.148. The number of carbonyl (C=O) groups is 4. The minimum atomic E-state index is -1.21. The molecular weight excluding hydrogens is 432 g/mol. The van der Waals surface area contributed by atoms with Crippen molar-refractivity contribution in [1.82, 2.24) is 10.6 Å². The Morgan fingerprint density at radius 3 is 1.91 bits per heavy atom. The van der Waals surface area contributed by atoms with Crippen LogP contribution in [-0.2, 0) is 19.1 Å². The number of ether oxygens (including phenoxy) is 2. The number of esters is 2. The first-order chi connectivity index (χ1) is 15.2. The number of rotatable bonds is 15. The van der Waals surface area contributed by atoms with Crippen molar-refractivity contribution in [3.8, 4) is 0 Å². The van der Waals surface area contributed by atoms with Crippen LogP contribution in [0.2, 0.25) is 0 Å². The van der Waals surface area contributed by atoms with Gasteiger partial charge in [-0.3, -0.25) is 0 Å². The van der Waals surface area contributed by atoms with E-state index in [0.717, 1.165) is 12.2 Å². The van der Waals surface area contributed by atoms with Crippen LogP contribution in [0, 0.1) is 11.3 Å². The van der Waals surface area contributed by atoms with Gasteiger partial charge in [0.25, 0.3) is 0 Å². The van der Waals surface area contributed by atoms with Crippen LogP contribution in [0.1, 0.15) is 60.3 Å². The summed E-state index contributed by atoms with van der Waals surface area (Å²) >= 11 is 0. The molecule has 188 valence electrons. The van der Waals surface area contributed by atoms with Gasteiger partial charge < -0.3 is 30.3 Å². The zero-order valence-electron chi connectivity index (χ0n) is 20.2. The Morgan fingerprint density at radius 2 is 1.45 bits per heavy atom. The smallest absolute Gasteiger partial charge is 0.405 e.